The summed E-state index contributed by atoms with van der Waals surface area (Å²) < 4.78 is 1.94. The van der Waals surface area contributed by atoms with Gasteiger partial charge < -0.3 is 20.9 Å². The molecule has 2 amide bonds. The molecule has 0 fully saturated rings. The fourth-order valence-electron chi connectivity index (χ4n) is 1.96. The number of nitrogens with one attached hydrogen (secondary N) is 2. The summed E-state index contributed by atoms with van der Waals surface area (Å²) in [6, 6.07) is 6.82. The summed E-state index contributed by atoms with van der Waals surface area (Å²) in [5.41, 5.74) is 6.39. The number of benzene rings is 1. The van der Waals surface area contributed by atoms with Gasteiger partial charge in [0, 0.05) is 30.0 Å². The molecule has 2 aromatic rings. The van der Waals surface area contributed by atoms with Gasteiger partial charge in [0.15, 0.2) is 5.16 Å². The Morgan fingerprint density at radius 3 is 2.46 bits per heavy atom. The smallest absolute Gasteiger partial charge is 0.243 e. The van der Waals surface area contributed by atoms with Crippen LogP contribution in [0.3, 0.4) is 0 Å². The van der Waals surface area contributed by atoms with Crippen LogP contribution in [0.4, 0.5) is 5.69 Å². The highest BCUT2D eigenvalue weighted by Crippen LogP contribution is 2.26. The third-order valence-electron chi connectivity index (χ3n) is 3.57. The minimum Gasteiger partial charge on any atom is -0.346 e. The van der Waals surface area contributed by atoms with E-state index in [9.17, 15) is 9.59 Å². The lowest BCUT2D eigenvalue weighted by Gasteiger charge is -2.15. The molecule has 0 aliphatic rings. The summed E-state index contributed by atoms with van der Waals surface area (Å²) in [4.78, 5) is 28.9. The minimum absolute atomic E-state index is 0. The standard InChI is InChI=1S/C17H23N5O2S.ClH/c1-11(2)15(18)16(24)20-10-14(23)21-12-4-6-13(7-5-12)25-17-19-8-9-22(17)3;/h4-9,11,15H,10,18H2,1-3H3,(H,20,24)(H,21,23);1H/t15-;/m0./s1. The Kier molecular flexibility index (Phi) is 8.64. The molecule has 7 nitrogen and oxygen atoms in total. The molecule has 0 radical (unpaired) electrons. The summed E-state index contributed by atoms with van der Waals surface area (Å²) in [6.45, 7) is 3.60. The summed E-state index contributed by atoms with van der Waals surface area (Å²) >= 11 is 1.54. The molecule has 2 rings (SSSR count). The van der Waals surface area contributed by atoms with Crippen LogP contribution in [0.1, 0.15) is 13.8 Å². The summed E-state index contributed by atoms with van der Waals surface area (Å²) in [6.07, 6.45) is 3.63. The summed E-state index contributed by atoms with van der Waals surface area (Å²) in [5, 5.41) is 6.17. The molecule has 0 spiro atoms. The summed E-state index contributed by atoms with van der Waals surface area (Å²) in [5.74, 6) is -0.604. The lowest BCUT2D eigenvalue weighted by Crippen LogP contribution is -2.46. The van der Waals surface area contributed by atoms with Gasteiger partial charge >= 0.3 is 0 Å². The van der Waals surface area contributed by atoms with E-state index < -0.39 is 6.04 Å². The minimum atomic E-state index is -0.616. The first-order valence-electron chi connectivity index (χ1n) is 7.95. The van der Waals surface area contributed by atoms with E-state index >= 15 is 0 Å². The monoisotopic (exact) mass is 397 g/mol. The first-order valence-corrected chi connectivity index (χ1v) is 8.77. The lowest BCUT2D eigenvalue weighted by atomic mass is 10.1. The molecular weight excluding hydrogens is 374 g/mol. The van der Waals surface area contributed by atoms with Crippen LogP contribution in [0.2, 0.25) is 0 Å². The molecule has 1 aromatic heterocycles. The van der Waals surface area contributed by atoms with E-state index in [1.54, 1.807) is 6.20 Å². The highest BCUT2D eigenvalue weighted by atomic mass is 35.5. The molecule has 0 aliphatic heterocycles. The normalized spacial score (nSPS) is 11.6. The number of hydrogen-bond donors (Lipinski definition) is 3. The molecule has 0 saturated carbocycles. The van der Waals surface area contributed by atoms with Crippen LogP contribution in [-0.2, 0) is 16.6 Å². The average Bonchev–Trinajstić information content (AvgIpc) is 2.98. The van der Waals surface area contributed by atoms with Gasteiger partial charge in [0.25, 0.3) is 0 Å². The Labute approximate surface area is 163 Å². The molecule has 0 unspecified atom stereocenters. The zero-order valence-corrected chi connectivity index (χ0v) is 16.6. The molecule has 142 valence electrons. The van der Waals surface area contributed by atoms with Gasteiger partial charge in [-0.15, -0.1) is 12.4 Å². The number of nitrogens with two attached hydrogens (primary N) is 1. The van der Waals surface area contributed by atoms with Crippen LogP contribution in [0, 0.1) is 5.92 Å². The molecule has 1 heterocycles. The SMILES string of the molecule is CC(C)[C@H](N)C(=O)NCC(=O)Nc1ccc(Sc2nccn2C)cc1.Cl. The van der Waals surface area contributed by atoms with Crippen molar-refractivity contribution in [3.63, 3.8) is 0 Å². The zero-order chi connectivity index (χ0) is 18.4. The van der Waals surface area contributed by atoms with Crippen molar-refractivity contribution in [3.8, 4) is 0 Å². The second kappa shape index (κ2) is 10.2. The maximum absolute atomic E-state index is 11.9. The molecule has 9 heteroatoms. The highest BCUT2D eigenvalue weighted by Gasteiger charge is 2.17. The topological polar surface area (TPSA) is 102 Å². The number of hydrogen-bond acceptors (Lipinski definition) is 5. The van der Waals surface area contributed by atoms with Gasteiger partial charge in [-0.3, -0.25) is 9.59 Å². The lowest BCUT2D eigenvalue weighted by molar-refractivity contribution is -0.125. The van der Waals surface area contributed by atoms with Gasteiger partial charge in [-0.05, 0) is 30.2 Å². The van der Waals surface area contributed by atoms with E-state index in [2.05, 4.69) is 15.6 Å². The van der Waals surface area contributed by atoms with Crippen molar-refractivity contribution >= 4 is 41.7 Å². The number of amides is 2. The fourth-order valence-corrected chi connectivity index (χ4v) is 2.76. The molecule has 0 saturated heterocycles. The second-order valence-electron chi connectivity index (χ2n) is 5.98. The van der Waals surface area contributed by atoms with Crippen LogP contribution >= 0.6 is 24.2 Å². The van der Waals surface area contributed by atoms with Gasteiger partial charge in [0.2, 0.25) is 11.8 Å². The number of imidazole rings is 1. The van der Waals surface area contributed by atoms with E-state index in [0.29, 0.717) is 5.69 Å². The number of aryl methyl sites for hydroxylation is 1. The van der Waals surface area contributed by atoms with Crippen molar-refractivity contribution in [2.75, 3.05) is 11.9 Å². The maximum Gasteiger partial charge on any atom is 0.243 e. The van der Waals surface area contributed by atoms with E-state index in [4.69, 9.17) is 5.73 Å². The van der Waals surface area contributed by atoms with Crippen LogP contribution in [0.5, 0.6) is 0 Å². The number of carbonyl (C=O) groups excluding carboxylic acids is 2. The Morgan fingerprint density at radius 1 is 1.27 bits per heavy atom. The second-order valence-corrected chi connectivity index (χ2v) is 7.02. The van der Waals surface area contributed by atoms with Gasteiger partial charge in [-0.2, -0.15) is 0 Å². The van der Waals surface area contributed by atoms with E-state index in [1.165, 1.54) is 11.8 Å². The zero-order valence-electron chi connectivity index (χ0n) is 14.9. The summed E-state index contributed by atoms with van der Waals surface area (Å²) in [7, 11) is 1.93. The Balaban J connectivity index is 0.00000338. The molecule has 1 aromatic carbocycles. The molecular formula is C17H24ClN5O2S. The first-order chi connectivity index (χ1) is 11.9. The molecule has 4 N–H and O–H groups in total. The first kappa shape index (κ1) is 22.0. The van der Waals surface area contributed by atoms with Crippen molar-refractivity contribution in [1.29, 1.82) is 0 Å². The number of aromatic nitrogens is 2. The molecule has 26 heavy (non-hydrogen) atoms. The highest BCUT2D eigenvalue weighted by molar-refractivity contribution is 7.99. The van der Waals surface area contributed by atoms with Gasteiger partial charge in [-0.25, -0.2) is 4.98 Å². The van der Waals surface area contributed by atoms with Crippen molar-refractivity contribution in [2.24, 2.45) is 18.7 Å². The average molecular weight is 398 g/mol. The van der Waals surface area contributed by atoms with Gasteiger partial charge in [0.05, 0.1) is 12.6 Å². The van der Waals surface area contributed by atoms with Gasteiger partial charge in [-0.1, -0.05) is 25.6 Å². The van der Waals surface area contributed by atoms with Crippen molar-refractivity contribution < 1.29 is 9.59 Å². The third-order valence-corrected chi connectivity index (χ3v) is 4.65. The van der Waals surface area contributed by atoms with Crippen LogP contribution in [0.25, 0.3) is 0 Å². The van der Waals surface area contributed by atoms with Crippen LogP contribution in [-0.4, -0.2) is 34.0 Å². The molecule has 0 bridgehead atoms. The number of anilines is 1. The third kappa shape index (κ3) is 6.36. The van der Waals surface area contributed by atoms with E-state index in [0.717, 1.165) is 10.1 Å². The fraction of sp³-hybridized carbons (Fsp3) is 0.353. The van der Waals surface area contributed by atoms with E-state index in [-0.39, 0.29) is 36.7 Å². The van der Waals surface area contributed by atoms with Crippen molar-refractivity contribution in [1.82, 2.24) is 14.9 Å². The molecule has 1 atom stereocenters. The van der Waals surface area contributed by atoms with Crippen molar-refractivity contribution in [3.05, 3.63) is 36.7 Å². The molecule has 0 aliphatic carbocycles. The Morgan fingerprint density at radius 2 is 1.92 bits per heavy atom. The largest absolute Gasteiger partial charge is 0.346 e. The number of rotatable bonds is 7. The maximum atomic E-state index is 11.9. The predicted molar refractivity (Wildman–Crippen MR) is 105 cm³/mol. The van der Waals surface area contributed by atoms with E-state index in [1.807, 2.05) is 55.9 Å². The van der Waals surface area contributed by atoms with Crippen LogP contribution in [0.15, 0.2) is 46.7 Å². The quantitative estimate of drug-likeness (QED) is 0.663. The van der Waals surface area contributed by atoms with Gasteiger partial charge in [0.1, 0.15) is 0 Å². The van der Waals surface area contributed by atoms with Crippen molar-refractivity contribution in [2.45, 2.75) is 29.9 Å². The number of halogens is 1. The number of nitrogens with zero attached hydrogens (tertiary/aromatic N) is 2. The Hall–Kier alpha value is -2.03. The Bertz CT molecular complexity index is 733. The van der Waals surface area contributed by atoms with Crippen LogP contribution < -0.4 is 16.4 Å². The predicted octanol–water partition coefficient (Wildman–Crippen LogP) is 2.03. The number of carbonyl (C=O) groups is 2.